The zero-order chi connectivity index (χ0) is 17.8. The number of fused-ring (bicyclic) bond motifs is 1. The number of benzene rings is 1. The van der Waals surface area contributed by atoms with Crippen molar-refractivity contribution in [3.8, 4) is 5.75 Å². The van der Waals surface area contributed by atoms with E-state index in [2.05, 4.69) is 34.8 Å². The summed E-state index contributed by atoms with van der Waals surface area (Å²) in [5.74, 6) is 1.55. The SMILES string of the molecule is CCOc1cccc([C@@H](C)NC[C@@H]2CNc3c(C(N)=O)cnn3C2)c1. The topological polar surface area (TPSA) is 94.2 Å². The van der Waals surface area contributed by atoms with Gasteiger partial charge in [-0.3, -0.25) is 4.79 Å². The first kappa shape index (κ1) is 17.3. The molecule has 0 bridgehead atoms. The van der Waals surface area contributed by atoms with Gasteiger partial charge in [-0.25, -0.2) is 4.68 Å². The van der Waals surface area contributed by atoms with Crippen LogP contribution in [0.5, 0.6) is 5.75 Å². The Morgan fingerprint density at radius 2 is 2.40 bits per heavy atom. The summed E-state index contributed by atoms with van der Waals surface area (Å²) in [6, 6.07) is 8.39. The molecule has 1 aliphatic rings. The first-order chi connectivity index (χ1) is 12.1. The van der Waals surface area contributed by atoms with E-state index in [0.717, 1.165) is 31.2 Å². The number of amides is 1. The van der Waals surface area contributed by atoms with Crippen LogP contribution >= 0.6 is 0 Å². The van der Waals surface area contributed by atoms with E-state index < -0.39 is 5.91 Å². The van der Waals surface area contributed by atoms with Gasteiger partial charge in [0.2, 0.25) is 0 Å². The maximum Gasteiger partial charge on any atom is 0.254 e. The first-order valence-corrected chi connectivity index (χ1v) is 8.64. The van der Waals surface area contributed by atoms with Crippen LogP contribution in [0.1, 0.15) is 35.8 Å². The van der Waals surface area contributed by atoms with Gasteiger partial charge in [-0.2, -0.15) is 5.10 Å². The van der Waals surface area contributed by atoms with Crippen molar-refractivity contribution in [1.82, 2.24) is 15.1 Å². The molecule has 7 nitrogen and oxygen atoms in total. The third kappa shape index (κ3) is 3.93. The molecule has 2 aromatic rings. The van der Waals surface area contributed by atoms with Gasteiger partial charge in [0.25, 0.3) is 5.91 Å². The van der Waals surface area contributed by atoms with Crippen LogP contribution < -0.4 is 21.1 Å². The van der Waals surface area contributed by atoms with Crippen LogP contribution in [-0.2, 0) is 6.54 Å². The number of carbonyl (C=O) groups excluding carboxylic acids is 1. The number of carbonyl (C=O) groups is 1. The zero-order valence-corrected chi connectivity index (χ0v) is 14.7. The number of hydrogen-bond acceptors (Lipinski definition) is 5. The molecule has 4 N–H and O–H groups in total. The molecule has 0 saturated carbocycles. The van der Waals surface area contributed by atoms with Gasteiger partial charge in [-0.1, -0.05) is 12.1 Å². The molecular weight excluding hydrogens is 318 g/mol. The predicted molar refractivity (Wildman–Crippen MR) is 96.8 cm³/mol. The molecule has 0 radical (unpaired) electrons. The molecule has 7 heteroatoms. The molecular formula is C18H25N5O2. The van der Waals surface area contributed by atoms with E-state index in [9.17, 15) is 4.79 Å². The van der Waals surface area contributed by atoms with Gasteiger partial charge in [0, 0.05) is 31.6 Å². The van der Waals surface area contributed by atoms with E-state index in [-0.39, 0.29) is 6.04 Å². The third-order valence-electron chi connectivity index (χ3n) is 4.48. The van der Waals surface area contributed by atoms with Gasteiger partial charge < -0.3 is 21.1 Å². The number of aromatic nitrogens is 2. The van der Waals surface area contributed by atoms with Gasteiger partial charge in [0.1, 0.15) is 17.1 Å². The molecule has 2 atom stereocenters. The van der Waals surface area contributed by atoms with Crippen LogP contribution in [0.25, 0.3) is 0 Å². The maximum absolute atomic E-state index is 11.4. The highest BCUT2D eigenvalue weighted by atomic mass is 16.5. The fourth-order valence-corrected chi connectivity index (χ4v) is 3.08. The summed E-state index contributed by atoms with van der Waals surface area (Å²) in [7, 11) is 0. The van der Waals surface area contributed by atoms with Crippen molar-refractivity contribution in [3.05, 3.63) is 41.6 Å². The number of nitrogens with two attached hydrogens (primary N) is 1. The molecule has 3 rings (SSSR count). The van der Waals surface area contributed by atoms with Gasteiger partial charge in [-0.15, -0.1) is 0 Å². The highest BCUT2D eigenvalue weighted by Gasteiger charge is 2.23. The number of hydrogen-bond donors (Lipinski definition) is 3. The van der Waals surface area contributed by atoms with E-state index >= 15 is 0 Å². The number of primary amides is 1. The minimum Gasteiger partial charge on any atom is -0.494 e. The van der Waals surface area contributed by atoms with E-state index in [1.54, 1.807) is 0 Å². The summed E-state index contributed by atoms with van der Waals surface area (Å²) in [6.45, 7) is 7.18. The standard InChI is InChI=1S/C18H25N5O2/c1-3-25-15-6-4-5-14(7-15)12(2)20-8-13-9-21-18-16(17(19)24)10-22-23(18)11-13/h4-7,10,12-13,20-21H,3,8-9,11H2,1-2H3,(H2,19,24)/t12-,13-/m1/s1. The van der Waals surface area contributed by atoms with Gasteiger partial charge >= 0.3 is 0 Å². The lowest BCUT2D eigenvalue weighted by atomic mass is 10.0. The number of nitrogens with zero attached hydrogens (tertiary/aromatic N) is 2. The highest BCUT2D eigenvalue weighted by molar-refractivity contribution is 5.97. The number of anilines is 1. The van der Waals surface area contributed by atoms with Crippen molar-refractivity contribution in [1.29, 1.82) is 0 Å². The quantitative estimate of drug-likeness (QED) is 0.712. The average Bonchev–Trinajstić information content (AvgIpc) is 3.03. The highest BCUT2D eigenvalue weighted by Crippen LogP contribution is 2.23. The van der Waals surface area contributed by atoms with Crippen molar-refractivity contribution < 1.29 is 9.53 Å². The Kier molecular flexibility index (Phi) is 5.23. The molecule has 25 heavy (non-hydrogen) atoms. The smallest absolute Gasteiger partial charge is 0.254 e. The summed E-state index contributed by atoms with van der Waals surface area (Å²) in [5.41, 5.74) is 7.01. The zero-order valence-electron chi connectivity index (χ0n) is 14.7. The Morgan fingerprint density at radius 3 is 3.16 bits per heavy atom. The molecule has 1 aromatic carbocycles. The first-order valence-electron chi connectivity index (χ1n) is 8.64. The Hall–Kier alpha value is -2.54. The summed E-state index contributed by atoms with van der Waals surface area (Å²) in [6.07, 6.45) is 1.53. The largest absolute Gasteiger partial charge is 0.494 e. The molecule has 2 heterocycles. The second-order valence-electron chi connectivity index (χ2n) is 6.34. The fourth-order valence-electron chi connectivity index (χ4n) is 3.08. The molecule has 0 aliphatic carbocycles. The normalized spacial score (nSPS) is 17.4. The Bertz CT molecular complexity index is 743. The van der Waals surface area contributed by atoms with Crippen LogP contribution in [0.3, 0.4) is 0 Å². The minimum atomic E-state index is -0.451. The lowest BCUT2D eigenvalue weighted by molar-refractivity contribution is 0.100. The second kappa shape index (κ2) is 7.57. The summed E-state index contributed by atoms with van der Waals surface area (Å²) in [4.78, 5) is 11.4. The van der Waals surface area contributed by atoms with E-state index in [4.69, 9.17) is 10.5 Å². The van der Waals surface area contributed by atoms with E-state index in [0.29, 0.717) is 18.1 Å². The minimum absolute atomic E-state index is 0.223. The Labute approximate surface area is 147 Å². The number of ether oxygens (including phenoxy) is 1. The molecule has 1 aromatic heterocycles. The summed E-state index contributed by atoms with van der Waals surface area (Å²) in [5, 5.41) is 11.1. The molecule has 1 aliphatic heterocycles. The predicted octanol–water partition coefficient (Wildman–Crippen LogP) is 1.77. The van der Waals surface area contributed by atoms with E-state index in [1.807, 2.05) is 23.7 Å². The molecule has 134 valence electrons. The number of rotatable bonds is 7. The molecule has 1 amide bonds. The van der Waals surface area contributed by atoms with Crippen LogP contribution in [-0.4, -0.2) is 35.4 Å². The molecule has 0 fully saturated rings. The van der Waals surface area contributed by atoms with Crippen LogP contribution in [0, 0.1) is 5.92 Å². The lowest BCUT2D eigenvalue weighted by Gasteiger charge is -2.27. The molecule has 0 saturated heterocycles. The van der Waals surface area contributed by atoms with Crippen molar-refractivity contribution in [3.63, 3.8) is 0 Å². The van der Waals surface area contributed by atoms with Crippen molar-refractivity contribution in [2.75, 3.05) is 25.0 Å². The number of nitrogens with one attached hydrogen (secondary N) is 2. The van der Waals surface area contributed by atoms with Gasteiger partial charge in [0.05, 0.1) is 12.8 Å². The third-order valence-corrected chi connectivity index (χ3v) is 4.48. The van der Waals surface area contributed by atoms with Gasteiger partial charge in [0.15, 0.2) is 0 Å². The van der Waals surface area contributed by atoms with Crippen molar-refractivity contribution >= 4 is 11.7 Å². The Morgan fingerprint density at radius 1 is 1.56 bits per heavy atom. The summed E-state index contributed by atoms with van der Waals surface area (Å²) >= 11 is 0. The average molecular weight is 343 g/mol. The second-order valence-corrected chi connectivity index (χ2v) is 6.34. The maximum atomic E-state index is 11.4. The van der Waals surface area contributed by atoms with Gasteiger partial charge in [-0.05, 0) is 31.5 Å². The molecule has 0 spiro atoms. The fraction of sp³-hybridized carbons (Fsp3) is 0.444. The van der Waals surface area contributed by atoms with Crippen LogP contribution in [0.15, 0.2) is 30.5 Å². The van der Waals surface area contributed by atoms with Crippen LogP contribution in [0.2, 0.25) is 0 Å². The lowest BCUT2D eigenvalue weighted by Crippen LogP contribution is -2.36. The van der Waals surface area contributed by atoms with Crippen molar-refractivity contribution in [2.45, 2.75) is 26.4 Å². The molecule has 0 unspecified atom stereocenters. The summed E-state index contributed by atoms with van der Waals surface area (Å²) < 4.78 is 7.38. The van der Waals surface area contributed by atoms with Crippen molar-refractivity contribution in [2.24, 2.45) is 11.7 Å². The van der Waals surface area contributed by atoms with Crippen LogP contribution in [0.4, 0.5) is 5.82 Å². The Balaban J connectivity index is 1.57. The monoisotopic (exact) mass is 343 g/mol. The van der Waals surface area contributed by atoms with E-state index in [1.165, 1.54) is 11.8 Å².